The van der Waals surface area contributed by atoms with Crippen LogP contribution < -0.4 is 15.1 Å². The predicted molar refractivity (Wildman–Crippen MR) is 110 cm³/mol. The second-order valence-corrected chi connectivity index (χ2v) is 7.51. The van der Waals surface area contributed by atoms with Crippen molar-refractivity contribution in [1.29, 1.82) is 0 Å². The minimum absolute atomic E-state index is 0.0819. The van der Waals surface area contributed by atoms with Crippen LogP contribution in [-0.2, 0) is 11.3 Å². The van der Waals surface area contributed by atoms with Gasteiger partial charge in [-0.25, -0.2) is 4.79 Å². The summed E-state index contributed by atoms with van der Waals surface area (Å²) in [6.07, 6.45) is 2.33. The molecular formula is C23H24NO6+. The molecule has 0 unspecified atom stereocenters. The number of phenolic OH excluding ortho intramolecular Hbond substituents is 1. The maximum atomic E-state index is 13.1. The van der Waals surface area contributed by atoms with Crippen LogP contribution in [0.5, 0.6) is 17.2 Å². The van der Waals surface area contributed by atoms with Gasteiger partial charge >= 0.3 is 5.97 Å². The lowest BCUT2D eigenvalue weighted by Gasteiger charge is -2.15. The molecule has 7 heteroatoms. The Balaban J connectivity index is 1.70. The van der Waals surface area contributed by atoms with Crippen molar-refractivity contribution in [3.05, 3.63) is 63.5 Å². The monoisotopic (exact) mass is 410 g/mol. The number of carbonyl (C=O) groups is 1. The minimum atomic E-state index is -0.449. The van der Waals surface area contributed by atoms with Gasteiger partial charge in [-0.15, -0.1) is 0 Å². The standard InChI is InChI=1S/C23H23NO6/c1-14-21(30-16-7-5-15(6-8-16)23(27)28-2)20(26)17-9-10-19(25)18(22(17)29-14)13-24-11-3-4-12-24/h5-10,25H,3-4,11-13H2,1-2H3/p+1. The van der Waals surface area contributed by atoms with Gasteiger partial charge in [0, 0.05) is 12.8 Å². The van der Waals surface area contributed by atoms with Crippen LogP contribution in [0.25, 0.3) is 11.0 Å². The molecule has 0 radical (unpaired) electrons. The molecule has 3 aromatic rings. The van der Waals surface area contributed by atoms with E-state index in [1.165, 1.54) is 18.1 Å². The van der Waals surface area contributed by atoms with Gasteiger partial charge in [0.15, 0.2) is 5.58 Å². The van der Waals surface area contributed by atoms with Crippen molar-refractivity contribution in [2.75, 3.05) is 20.2 Å². The molecule has 1 aromatic heterocycles. The molecule has 0 amide bonds. The van der Waals surface area contributed by atoms with Gasteiger partial charge in [-0.1, -0.05) is 0 Å². The molecule has 0 saturated carbocycles. The number of aromatic hydroxyl groups is 1. The summed E-state index contributed by atoms with van der Waals surface area (Å²) in [5, 5.41) is 10.8. The van der Waals surface area contributed by atoms with E-state index in [4.69, 9.17) is 9.15 Å². The highest BCUT2D eigenvalue weighted by atomic mass is 16.5. The van der Waals surface area contributed by atoms with Gasteiger partial charge in [0.2, 0.25) is 11.2 Å². The highest BCUT2D eigenvalue weighted by Gasteiger charge is 2.23. The van der Waals surface area contributed by atoms with Crippen LogP contribution in [0.1, 0.15) is 34.5 Å². The Hall–Kier alpha value is -3.32. The summed E-state index contributed by atoms with van der Waals surface area (Å²) in [5.41, 5.74) is 1.14. The van der Waals surface area contributed by atoms with Gasteiger partial charge in [0.1, 0.15) is 23.8 Å². The number of hydrogen-bond donors (Lipinski definition) is 2. The van der Waals surface area contributed by atoms with E-state index in [-0.39, 0.29) is 16.9 Å². The first-order valence-electron chi connectivity index (χ1n) is 9.96. The number of methoxy groups -OCH3 is 1. The summed E-state index contributed by atoms with van der Waals surface area (Å²) in [4.78, 5) is 26.1. The number of phenols is 1. The summed E-state index contributed by atoms with van der Waals surface area (Å²) in [7, 11) is 1.31. The maximum Gasteiger partial charge on any atom is 0.337 e. The number of nitrogens with one attached hydrogen (secondary N) is 1. The smallest absolute Gasteiger partial charge is 0.337 e. The summed E-state index contributed by atoms with van der Waals surface area (Å²) in [5.74, 6) is 0.496. The van der Waals surface area contributed by atoms with Crippen LogP contribution in [0.15, 0.2) is 45.6 Å². The molecule has 1 saturated heterocycles. The average Bonchev–Trinajstić information content (AvgIpc) is 3.26. The molecule has 1 aliphatic heterocycles. The normalized spacial score (nSPS) is 14.2. The second kappa shape index (κ2) is 8.20. The molecule has 2 aromatic carbocycles. The van der Waals surface area contributed by atoms with E-state index < -0.39 is 5.97 Å². The van der Waals surface area contributed by atoms with Gasteiger partial charge in [-0.3, -0.25) is 4.79 Å². The number of carbonyl (C=O) groups excluding carboxylic acids is 1. The molecule has 4 rings (SSSR count). The average molecular weight is 410 g/mol. The third-order valence-electron chi connectivity index (χ3n) is 5.49. The Morgan fingerprint density at radius 3 is 2.50 bits per heavy atom. The lowest BCUT2D eigenvalue weighted by atomic mass is 10.1. The summed E-state index contributed by atoms with van der Waals surface area (Å²) in [6.45, 7) is 4.36. The first-order chi connectivity index (χ1) is 14.5. The molecule has 0 atom stereocenters. The molecular weight excluding hydrogens is 386 g/mol. The predicted octanol–water partition coefficient (Wildman–Crippen LogP) is 2.56. The Kier molecular flexibility index (Phi) is 5.46. The zero-order valence-corrected chi connectivity index (χ0v) is 17.0. The topological polar surface area (TPSA) is 90.4 Å². The molecule has 156 valence electrons. The first-order valence-corrected chi connectivity index (χ1v) is 9.96. The van der Waals surface area contributed by atoms with Crippen LogP contribution in [0, 0.1) is 6.92 Å². The summed E-state index contributed by atoms with van der Waals surface area (Å²) in [6, 6.07) is 9.41. The van der Waals surface area contributed by atoms with Gasteiger partial charge in [-0.05, 0) is 43.3 Å². The lowest BCUT2D eigenvalue weighted by molar-refractivity contribution is -0.901. The van der Waals surface area contributed by atoms with E-state index in [2.05, 4.69) is 4.74 Å². The summed E-state index contributed by atoms with van der Waals surface area (Å²) < 4.78 is 16.5. The molecule has 2 N–H and O–H groups in total. The van der Waals surface area contributed by atoms with E-state index in [1.807, 2.05) is 0 Å². The zero-order valence-electron chi connectivity index (χ0n) is 17.0. The number of benzene rings is 2. The second-order valence-electron chi connectivity index (χ2n) is 7.51. The van der Waals surface area contributed by atoms with E-state index in [0.717, 1.165) is 25.9 Å². The maximum absolute atomic E-state index is 13.1. The number of likely N-dealkylation sites (tertiary alicyclic amines) is 1. The zero-order chi connectivity index (χ0) is 21.3. The van der Waals surface area contributed by atoms with E-state index in [1.54, 1.807) is 37.3 Å². The van der Waals surface area contributed by atoms with Crippen LogP contribution in [0.4, 0.5) is 0 Å². The molecule has 0 aliphatic carbocycles. The van der Waals surface area contributed by atoms with Crippen molar-refractivity contribution in [3.8, 4) is 17.2 Å². The summed E-state index contributed by atoms with van der Waals surface area (Å²) >= 11 is 0. The Labute approximate surface area is 173 Å². The number of hydrogen-bond acceptors (Lipinski definition) is 6. The number of aryl methyl sites for hydroxylation is 1. The van der Waals surface area contributed by atoms with Crippen molar-refractivity contribution in [1.82, 2.24) is 0 Å². The molecule has 1 aliphatic rings. The van der Waals surface area contributed by atoms with Gasteiger partial charge in [0.25, 0.3) is 0 Å². The van der Waals surface area contributed by atoms with Crippen LogP contribution >= 0.6 is 0 Å². The lowest BCUT2D eigenvalue weighted by Crippen LogP contribution is -3.08. The van der Waals surface area contributed by atoms with Crippen LogP contribution in [0.2, 0.25) is 0 Å². The fourth-order valence-electron chi connectivity index (χ4n) is 3.88. The third-order valence-corrected chi connectivity index (χ3v) is 5.49. The Morgan fingerprint density at radius 1 is 1.13 bits per heavy atom. The number of ether oxygens (including phenoxy) is 2. The Bertz CT molecular complexity index is 1140. The van der Waals surface area contributed by atoms with Gasteiger partial charge in [0.05, 0.1) is 36.7 Å². The van der Waals surface area contributed by atoms with Gasteiger partial charge in [-0.2, -0.15) is 0 Å². The fraction of sp³-hybridized carbons (Fsp3) is 0.304. The van der Waals surface area contributed by atoms with Crippen molar-refractivity contribution in [3.63, 3.8) is 0 Å². The number of rotatable bonds is 5. The quantitative estimate of drug-likeness (QED) is 0.629. The highest BCUT2D eigenvalue weighted by Crippen LogP contribution is 2.30. The van der Waals surface area contributed by atoms with Crippen LogP contribution in [0.3, 0.4) is 0 Å². The third kappa shape index (κ3) is 3.76. The molecule has 0 bridgehead atoms. The van der Waals surface area contributed by atoms with Crippen molar-refractivity contribution in [2.24, 2.45) is 0 Å². The Morgan fingerprint density at radius 2 is 1.83 bits per heavy atom. The molecule has 7 nitrogen and oxygen atoms in total. The van der Waals surface area contributed by atoms with Crippen molar-refractivity contribution < 1.29 is 28.7 Å². The van der Waals surface area contributed by atoms with Crippen LogP contribution in [-0.4, -0.2) is 31.3 Å². The first kappa shape index (κ1) is 20.0. The minimum Gasteiger partial charge on any atom is -0.507 e. The molecule has 0 spiro atoms. The highest BCUT2D eigenvalue weighted by molar-refractivity contribution is 5.89. The van der Waals surface area contributed by atoms with E-state index in [0.29, 0.717) is 40.2 Å². The number of quaternary nitrogens is 1. The number of fused-ring (bicyclic) bond motifs is 1. The SMILES string of the molecule is COC(=O)c1ccc(Oc2c(C)oc3c(C[NH+]4CCCC4)c(O)ccc3c2=O)cc1. The largest absolute Gasteiger partial charge is 0.507 e. The fourth-order valence-corrected chi connectivity index (χ4v) is 3.88. The van der Waals surface area contributed by atoms with Crippen molar-refractivity contribution >= 4 is 16.9 Å². The van der Waals surface area contributed by atoms with Gasteiger partial charge < -0.3 is 23.9 Å². The molecule has 30 heavy (non-hydrogen) atoms. The number of esters is 1. The van der Waals surface area contributed by atoms with E-state index >= 15 is 0 Å². The molecule has 1 fully saturated rings. The van der Waals surface area contributed by atoms with E-state index in [9.17, 15) is 14.7 Å². The van der Waals surface area contributed by atoms with Crippen molar-refractivity contribution in [2.45, 2.75) is 26.3 Å². The molecule has 2 heterocycles.